The third kappa shape index (κ3) is 5.61. The predicted octanol–water partition coefficient (Wildman–Crippen LogP) is 4.26. The maximum absolute atomic E-state index is 12.2. The average Bonchev–Trinajstić information content (AvgIpc) is 3.17. The lowest BCUT2D eigenvalue weighted by Gasteiger charge is -2.07. The highest BCUT2D eigenvalue weighted by atomic mass is 35.5. The molecule has 9 heteroatoms. The molecule has 2 aromatic carbocycles. The molecule has 0 bridgehead atoms. The number of nitrogens with zero attached hydrogens (tertiary/aromatic N) is 4. The SMILES string of the molecule is CCOc1ccccc1/C=N/NC(=O)CSc1nnc(-c2ccc(Cl)cc2)n1CC. The molecule has 1 heterocycles. The van der Waals surface area contributed by atoms with Gasteiger partial charge in [-0.05, 0) is 50.2 Å². The molecule has 0 saturated heterocycles. The summed E-state index contributed by atoms with van der Waals surface area (Å²) in [5.74, 6) is 1.40. The summed E-state index contributed by atoms with van der Waals surface area (Å²) < 4.78 is 7.50. The van der Waals surface area contributed by atoms with E-state index in [1.165, 1.54) is 11.8 Å². The van der Waals surface area contributed by atoms with Gasteiger partial charge in [-0.2, -0.15) is 5.10 Å². The Morgan fingerprint density at radius 1 is 1.20 bits per heavy atom. The van der Waals surface area contributed by atoms with Crippen LogP contribution in [0.1, 0.15) is 19.4 Å². The quantitative estimate of drug-likeness (QED) is 0.303. The average molecular weight is 444 g/mol. The topological polar surface area (TPSA) is 81.4 Å². The van der Waals surface area contributed by atoms with Gasteiger partial charge < -0.3 is 9.30 Å². The molecule has 7 nitrogen and oxygen atoms in total. The van der Waals surface area contributed by atoms with E-state index in [1.807, 2.05) is 66.9 Å². The lowest BCUT2D eigenvalue weighted by atomic mass is 10.2. The molecule has 3 aromatic rings. The summed E-state index contributed by atoms with van der Waals surface area (Å²) in [5, 5.41) is 13.9. The fraction of sp³-hybridized carbons (Fsp3) is 0.238. The second-order valence-electron chi connectivity index (χ2n) is 6.11. The maximum Gasteiger partial charge on any atom is 0.250 e. The van der Waals surface area contributed by atoms with Gasteiger partial charge in [-0.3, -0.25) is 4.79 Å². The number of hydrogen-bond donors (Lipinski definition) is 1. The zero-order valence-corrected chi connectivity index (χ0v) is 18.3. The molecule has 0 fully saturated rings. The number of para-hydroxylation sites is 1. The van der Waals surface area contributed by atoms with Gasteiger partial charge in [0.1, 0.15) is 5.75 Å². The van der Waals surface area contributed by atoms with E-state index in [-0.39, 0.29) is 11.7 Å². The monoisotopic (exact) mass is 443 g/mol. The van der Waals surface area contributed by atoms with E-state index in [4.69, 9.17) is 16.3 Å². The van der Waals surface area contributed by atoms with Crippen molar-refractivity contribution in [2.45, 2.75) is 25.5 Å². The Labute approximate surface area is 184 Å². The van der Waals surface area contributed by atoms with Crippen LogP contribution in [-0.4, -0.2) is 39.2 Å². The van der Waals surface area contributed by atoms with Crippen LogP contribution < -0.4 is 10.2 Å². The molecular weight excluding hydrogens is 422 g/mol. The molecule has 0 atom stereocenters. The van der Waals surface area contributed by atoms with Gasteiger partial charge in [-0.15, -0.1) is 10.2 Å². The van der Waals surface area contributed by atoms with Gasteiger partial charge in [0.2, 0.25) is 0 Å². The predicted molar refractivity (Wildman–Crippen MR) is 120 cm³/mol. The Morgan fingerprint density at radius 3 is 2.70 bits per heavy atom. The first-order valence-electron chi connectivity index (χ1n) is 9.48. The van der Waals surface area contributed by atoms with Crippen LogP contribution in [0.4, 0.5) is 0 Å². The lowest BCUT2D eigenvalue weighted by Crippen LogP contribution is -2.20. The molecule has 3 rings (SSSR count). The highest BCUT2D eigenvalue weighted by Gasteiger charge is 2.14. The first-order chi connectivity index (χ1) is 14.6. The largest absolute Gasteiger partial charge is 0.493 e. The number of aromatic nitrogens is 3. The zero-order chi connectivity index (χ0) is 21.3. The normalized spacial score (nSPS) is 11.0. The molecule has 0 aliphatic heterocycles. The van der Waals surface area contributed by atoms with Crippen LogP contribution >= 0.6 is 23.4 Å². The Bertz CT molecular complexity index is 1020. The van der Waals surface area contributed by atoms with Crippen LogP contribution in [0.5, 0.6) is 5.75 Å². The van der Waals surface area contributed by atoms with Crippen molar-refractivity contribution in [1.82, 2.24) is 20.2 Å². The minimum absolute atomic E-state index is 0.170. The van der Waals surface area contributed by atoms with E-state index >= 15 is 0 Å². The molecule has 0 aliphatic carbocycles. The fourth-order valence-electron chi connectivity index (χ4n) is 2.70. The molecular formula is C21H22ClN5O2S. The Balaban J connectivity index is 1.59. The summed E-state index contributed by atoms with van der Waals surface area (Å²) >= 11 is 7.27. The van der Waals surface area contributed by atoms with Crippen molar-refractivity contribution >= 4 is 35.5 Å². The Kier molecular flexibility index (Phi) is 7.87. The van der Waals surface area contributed by atoms with Crippen LogP contribution in [0.25, 0.3) is 11.4 Å². The number of carbonyl (C=O) groups excluding carboxylic acids is 1. The lowest BCUT2D eigenvalue weighted by molar-refractivity contribution is -0.118. The molecule has 1 aromatic heterocycles. The van der Waals surface area contributed by atoms with Crippen molar-refractivity contribution in [2.24, 2.45) is 5.10 Å². The molecule has 1 N–H and O–H groups in total. The molecule has 1 amide bonds. The number of hydrogen-bond acceptors (Lipinski definition) is 6. The van der Waals surface area contributed by atoms with Gasteiger partial charge in [0, 0.05) is 22.7 Å². The third-order valence-corrected chi connectivity index (χ3v) is 5.30. The van der Waals surface area contributed by atoms with Gasteiger partial charge in [-0.1, -0.05) is 35.5 Å². The number of thioether (sulfide) groups is 1. The van der Waals surface area contributed by atoms with Crippen LogP contribution in [-0.2, 0) is 11.3 Å². The van der Waals surface area contributed by atoms with Crippen molar-refractivity contribution in [3.8, 4) is 17.1 Å². The molecule has 0 radical (unpaired) electrons. The summed E-state index contributed by atoms with van der Waals surface area (Å²) in [6, 6.07) is 14.9. The first kappa shape index (κ1) is 21.9. The summed E-state index contributed by atoms with van der Waals surface area (Å²) in [4.78, 5) is 12.2. The van der Waals surface area contributed by atoms with Crippen LogP contribution in [0.2, 0.25) is 5.02 Å². The number of carbonyl (C=O) groups is 1. The maximum atomic E-state index is 12.2. The van der Waals surface area contributed by atoms with E-state index in [0.717, 1.165) is 22.7 Å². The number of halogens is 1. The van der Waals surface area contributed by atoms with Crippen LogP contribution in [0.15, 0.2) is 58.8 Å². The molecule has 30 heavy (non-hydrogen) atoms. The van der Waals surface area contributed by atoms with Crippen molar-refractivity contribution < 1.29 is 9.53 Å². The Hall–Kier alpha value is -2.84. The molecule has 0 unspecified atom stereocenters. The van der Waals surface area contributed by atoms with Crippen LogP contribution in [0.3, 0.4) is 0 Å². The number of rotatable bonds is 9. The van der Waals surface area contributed by atoms with E-state index in [0.29, 0.717) is 23.3 Å². The first-order valence-corrected chi connectivity index (χ1v) is 10.8. The highest BCUT2D eigenvalue weighted by Crippen LogP contribution is 2.25. The van der Waals surface area contributed by atoms with Crippen molar-refractivity contribution in [1.29, 1.82) is 0 Å². The third-order valence-electron chi connectivity index (χ3n) is 4.08. The van der Waals surface area contributed by atoms with Gasteiger partial charge in [0.05, 0.1) is 18.6 Å². The van der Waals surface area contributed by atoms with Gasteiger partial charge in [0.25, 0.3) is 5.91 Å². The van der Waals surface area contributed by atoms with Crippen molar-refractivity contribution in [3.63, 3.8) is 0 Å². The van der Waals surface area contributed by atoms with Gasteiger partial charge in [-0.25, -0.2) is 5.43 Å². The van der Waals surface area contributed by atoms with E-state index in [1.54, 1.807) is 6.21 Å². The number of ether oxygens (including phenoxy) is 1. The van der Waals surface area contributed by atoms with Crippen molar-refractivity contribution in [2.75, 3.05) is 12.4 Å². The summed E-state index contributed by atoms with van der Waals surface area (Å²) in [6.45, 7) is 5.17. The zero-order valence-electron chi connectivity index (χ0n) is 16.7. The van der Waals surface area contributed by atoms with Gasteiger partial charge in [0.15, 0.2) is 11.0 Å². The summed E-state index contributed by atoms with van der Waals surface area (Å²) in [6.07, 6.45) is 1.57. The second-order valence-corrected chi connectivity index (χ2v) is 7.49. The van der Waals surface area contributed by atoms with Crippen molar-refractivity contribution in [3.05, 3.63) is 59.1 Å². The fourth-order valence-corrected chi connectivity index (χ4v) is 3.62. The number of benzene rings is 2. The standard InChI is InChI=1S/C21H22ClN5O2S/c1-3-27-20(15-9-11-17(22)12-10-15)25-26-21(27)30-14-19(28)24-23-13-16-7-5-6-8-18(16)29-4-2/h5-13H,3-4,14H2,1-2H3,(H,24,28)/b23-13+. The van der Waals surface area contributed by atoms with E-state index in [2.05, 4.69) is 20.7 Å². The van der Waals surface area contributed by atoms with E-state index < -0.39 is 0 Å². The van der Waals surface area contributed by atoms with Gasteiger partial charge >= 0.3 is 0 Å². The Morgan fingerprint density at radius 2 is 1.97 bits per heavy atom. The van der Waals surface area contributed by atoms with Crippen LogP contribution in [0, 0.1) is 0 Å². The van der Waals surface area contributed by atoms with E-state index in [9.17, 15) is 4.79 Å². The summed E-state index contributed by atoms with van der Waals surface area (Å²) in [5.41, 5.74) is 4.25. The minimum Gasteiger partial charge on any atom is -0.493 e. The molecule has 0 saturated carbocycles. The summed E-state index contributed by atoms with van der Waals surface area (Å²) in [7, 11) is 0. The highest BCUT2D eigenvalue weighted by molar-refractivity contribution is 7.99. The second kappa shape index (κ2) is 10.8. The smallest absolute Gasteiger partial charge is 0.250 e. The number of nitrogens with one attached hydrogen (secondary N) is 1. The molecule has 156 valence electrons. The number of amides is 1. The molecule has 0 spiro atoms. The minimum atomic E-state index is -0.233. The molecule has 0 aliphatic rings. The number of hydrazone groups is 1.